The molecule has 2 rings (SSSR count). The van der Waals surface area contributed by atoms with E-state index in [9.17, 15) is 5.11 Å². The van der Waals surface area contributed by atoms with Gasteiger partial charge < -0.3 is 10.0 Å². The molecule has 0 saturated heterocycles. The van der Waals surface area contributed by atoms with Gasteiger partial charge in [0, 0.05) is 17.8 Å². The maximum absolute atomic E-state index is 9.20. The first-order valence-corrected chi connectivity index (χ1v) is 6.96. The third-order valence-corrected chi connectivity index (χ3v) is 3.86. The van der Waals surface area contributed by atoms with E-state index in [-0.39, 0.29) is 12.6 Å². The minimum absolute atomic E-state index is 0.0205. The normalized spacial score (nSPS) is 12.2. The quantitative estimate of drug-likeness (QED) is 0.932. The largest absolute Gasteiger partial charge is 0.392 e. The van der Waals surface area contributed by atoms with E-state index in [4.69, 9.17) is 11.6 Å². The number of nitrogens with zero attached hydrogens (tertiary/aromatic N) is 2. The average Bonchev–Trinajstić information content (AvgIpc) is 2.45. The molecular weight excluding hydrogens is 272 g/mol. The number of pyridine rings is 1. The van der Waals surface area contributed by atoms with Crippen LogP contribution in [0.5, 0.6) is 0 Å². The molecule has 1 heterocycles. The van der Waals surface area contributed by atoms with Crippen LogP contribution in [-0.4, -0.2) is 17.1 Å². The fourth-order valence-corrected chi connectivity index (χ4v) is 2.33. The molecule has 106 valence electrons. The number of aliphatic hydroxyl groups is 1. The number of hydrogen-bond donors (Lipinski definition) is 1. The van der Waals surface area contributed by atoms with E-state index < -0.39 is 0 Å². The lowest BCUT2D eigenvalue weighted by atomic mass is 10.1. The summed E-state index contributed by atoms with van der Waals surface area (Å²) in [5.74, 6) is 0.882. The van der Waals surface area contributed by atoms with Gasteiger partial charge in [-0.25, -0.2) is 4.98 Å². The molecule has 1 aromatic heterocycles. The molecule has 0 spiro atoms. The molecule has 4 heteroatoms. The van der Waals surface area contributed by atoms with Gasteiger partial charge >= 0.3 is 0 Å². The number of aliphatic hydroxyl groups excluding tert-OH is 1. The predicted octanol–water partition coefficient (Wildman–Crippen LogP) is 3.73. The Kier molecular flexibility index (Phi) is 4.63. The molecule has 20 heavy (non-hydrogen) atoms. The SMILES string of the molecule is Cc1nc(N(C)C(C)c2cccc(Cl)c2)ccc1CO. The van der Waals surface area contributed by atoms with Gasteiger partial charge in [0.25, 0.3) is 0 Å². The predicted molar refractivity (Wildman–Crippen MR) is 83.2 cm³/mol. The van der Waals surface area contributed by atoms with Gasteiger partial charge in [0.05, 0.1) is 12.6 Å². The summed E-state index contributed by atoms with van der Waals surface area (Å²) in [5.41, 5.74) is 2.86. The Balaban J connectivity index is 2.26. The standard InChI is InChI=1S/C16H19ClN2O/c1-11-14(10-20)7-8-16(18-11)19(3)12(2)13-5-4-6-15(17)9-13/h4-9,12,20H,10H2,1-3H3. The van der Waals surface area contributed by atoms with Crippen molar-refractivity contribution in [3.05, 3.63) is 58.2 Å². The molecule has 0 amide bonds. The van der Waals surface area contributed by atoms with Crippen molar-refractivity contribution in [2.75, 3.05) is 11.9 Å². The van der Waals surface area contributed by atoms with Crippen molar-refractivity contribution in [3.8, 4) is 0 Å². The Morgan fingerprint density at radius 1 is 1.30 bits per heavy atom. The van der Waals surface area contributed by atoms with Crippen molar-refractivity contribution >= 4 is 17.4 Å². The van der Waals surface area contributed by atoms with E-state index in [1.807, 2.05) is 44.3 Å². The summed E-state index contributed by atoms with van der Waals surface area (Å²) in [5, 5.41) is 9.94. The molecule has 0 aliphatic rings. The minimum atomic E-state index is 0.0205. The topological polar surface area (TPSA) is 36.4 Å². The van der Waals surface area contributed by atoms with Crippen molar-refractivity contribution < 1.29 is 5.11 Å². The van der Waals surface area contributed by atoms with E-state index in [0.717, 1.165) is 27.7 Å². The Morgan fingerprint density at radius 3 is 2.65 bits per heavy atom. The van der Waals surface area contributed by atoms with Crippen molar-refractivity contribution in [1.82, 2.24) is 4.98 Å². The minimum Gasteiger partial charge on any atom is -0.392 e. The number of rotatable bonds is 4. The van der Waals surface area contributed by atoms with Crippen LogP contribution in [0.4, 0.5) is 5.82 Å². The molecule has 0 saturated carbocycles. The molecule has 0 fully saturated rings. The zero-order valence-corrected chi connectivity index (χ0v) is 12.7. The van der Waals surface area contributed by atoms with Gasteiger partial charge in [0.15, 0.2) is 0 Å². The Bertz CT molecular complexity index is 601. The van der Waals surface area contributed by atoms with Crippen LogP contribution in [-0.2, 0) is 6.61 Å². The molecule has 2 aromatic rings. The molecule has 1 atom stereocenters. The van der Waals surface area contributed by atoms with Crippen LogP contribution in [0.2, 0.25) is 5.02 Å². The number of aromatic nitrogens is 1. The zero-order chi connectivity index (χ0) is 14.7. The fraction of sp³-hybridized carbons (Fsp3) is 0.312. The van der Waals surface area contributed by atoms with Gasteiger partial charge in [-0.2, -0.15) is 0 Å². The van der Waals surface area contributed by atoms with E-state index in [2.05, 4.69) is 22.9 Å². The molecule has 1 N–H and O–H groups in total. The number of hydrogen-bond acceptors (Lipinski definition) is 3. The lowest BCUT2D eigenvalue weighted by Crippen LogP contribution is -2.23. The second kappa shape index (κ2) is 6.25. The lowest BCUT2D eigenvalue weighted by Gasteiger charge is -2.27. The number of halogens is 1. The van der Waals surface area contributed by atoms with E-state index >= 15 is 0 Å². The van der Waals surface area contributed by atoms with Crippen LogP contribution in [0.15, 0.2) is 36.4 Å². The number of benzene rings is 1. The second-order valence-corrected chi connectivity index (χ2v) is 5.35. The van der Waals surface area contributed by atoms with Crippen LogP contribution in [0.25, 0.3) is 0 Å². The fourth-order valence-electron chi connectivity index (χ4n) is 2.13. The van der Waals surface area contributed by atoms with Crippen molar-refractivity contribution in [2.24, 2.45) is 0 Å². The first-order valence-electron chi connectivity index (χ1n) is 6.58. The highest BCUT2D eigenvalue weighted by molar-refractivity contribution is 6.30. The van der Waals surface area contributed by atoms with Gasteiger partial charge in [-0.3, -0.25) is 0 Å². The third kappa shape index (κ3) is 3.11. The van der Waals surface area contributed by atoms with Crippen molar-refractivity contribution in [3.63, 3.8) is 0 Å². The monoisotopic (exact) mass is 290 g/mol. The maximum Gasteiger partial charge on any atom is 0.129 e. The summed E-state index contributed by atoms with van der Waals surface area (Å²) < 4.78 is 0. The first-order chi connectivity index (χ1) is 9.52. The summed E-state index contributed by atoms with van der Waals surface area (Å²) >= 11 is 6.04. The van der Waals surface area contributed by atoms with Gasteiger partial charge in [0.2, 0.25) is 0 Å². The van der Waals surface area contributed by atoms with E-state index in [0.29, 0.717) is 0 Å². The summed E-state index contributed by atoms with van der Waals surface area (Å²) in [4.78, 5) is 6.64. The van der Waals surface area contributed by atoms with Crippen molar-refractivity contribution in [2.45, 2.75) is 26.5 Å². The van der Waals surface area contributed by atoms with Crippen LogP contribution < -0.4 is 4.90 Å². The van der Waals surface area contributed by atoms with E-state index in [1.54, 1.807) is 0 Å². The molecular formula is C16H19ClN2O. The first kappa shape index (κ1) is 14.8. The van der Waals surface area contributed by atoms with Crippen LogP contribution in [0.1, 0.15) is 29.8 Å². The molecule has 0 aliphatic heterocycles. The molecule has 1 unspecified atom stereocenters. The Hall–Kier alpha value is -1.58. The van der Waals surface area contributed by atoms with Gasteiger partial charge in [-0.1, -0.05) is 29.8 Å². The van der Waals surface area contributed by atoms with E-state index in [1.165, 1.54) is 0 Å². The van der Waals surface area contributed by atoms with Crippen molar-refractivity contribution in [1.29, 1.82) is 0 Å². The second-order valence-electron chi connectivity index (χ2n) is 4.91. The molecule has 1 aromatic carbocycles. The van der Waals surface area contributed by atoms with Gasteiger partial charge in [-0.15, -0.1) is 0 Å². The van der Waals surface area contributed by atoms with Gasteiger partial charge in [-0.05, 0) is 43.2 Å². The molecule has 0 radical (unpaired) electrons. The third-order valence-electron chi connectivity index (χ3n) is 3.62. The highest BCUT2D eigenvalue weighted by Gasteiger charge is 2.14. The molecule has 3 nitrogen and oxygen atoms in total. The Labute approximate surface area is 124 Å². The molecule has 0 bridgehead atoms. The highest BCUT2D eigenvalue weighted by atomic mass is 35.5. The van der Waals surface area contributed by atoms with Crippen LogP contribution >= 0.6 is 11.6 Å². The Morgan fingerprint density at radius 2 is 2.05 bits per heavy atom. The van der Waals surface area contributed by atoms with Gasteiger partial charge in [0.1, 0.15) is 5.82 Å². The maximum atomic E-state index is 9.20. The summed E-state index contributed by atoms with van der Waals surface area (Å²) in [6.07, 6.45) is 0. The van der Waals surface area contributed by atoms with Crippen LogP contribution in [0.3, 0.4) is 0 Å². The van der Waals surface area contributed by atoms with Crippen LogP contribution in [0, 0.1) is 6.92 Å². The lowest BCUT2D eigenvalue weighted by molar-refractivity contribution is 0.280. The molecule has 0 aliphatic carbocycles. The number of anilines is 1. The number of aryl methyl sites for hydroxylation is 1. The highest BCUT2D eigenvalue weighted by Crippen LogP contribution is 2.26. The summed E-state index contributed by atoms with van der Waals surface area (Å²) in [6, 6.07) is 11.9. The summed E-state index contributed by atoms with van der Waals surface area (Å²) in [6.45, 7) is 4.04. The average molecular weight is 291 g/mol. The smallest absolute Gasteiger partial charge is 0.129 e. The summed E-state index contributed by atoms with van der Waals surface area (Å²) in [7, 11) is 2.01. The zero-order valence-electron chi connectivity index (χ0n) is 12.0.